The van der Waals surface area contributed by atoms with Crippen LogP contribution < -0.4 is 11.1 Å². The molecule has 0 bridgehead atoms. The van der Waals surface area contributed by atoms with Crippen molar-refractivity contribution in [1.29, 1.82) is 0 Å². The van der Waals surface area contributed by atoms with E-state index >= 15 is 0 Å². The van der Waals surface area contributed by atoms with Crippen LogP contribution in [0.15, 0.2) is 0 Å². The topological polar surface area (TPSA) is 64.4 Å². The molecule has 0 rings (SSSR count). The van der Waals surface area contributed by atoms with Gasteiger partial charge in [0.2, 0.25) is 5.91 Å². The molecule has 0 aromatic heterocycles. The second kappa shape index (κ2) is 12.3. The molecule has 0 aromatic rings. The van der Waals surface area contributed by atoms with Gasteiger partial charge in [-0.05, 0) is 25.3 Å². The fraction of sp³-hybridized carbons (Fsp3) is 0.923. The number of ether oxygens (including phenoxy) is 1. The minimum absolute atomic E-state index is 0.0567. The lowest BCUT2D eigenvalue weighted by molar-refractivity contribution is -0.121. The summed E-state index contributed by atoms with van der Waals surface area (Å²) in [6.07, 6.45) is 1.95. The van der Waals surface area contributed by atoms with Crippen LogP contribution in [0.25, 0.3) is 0 Å². The molecule has 0 heterocycles. The molecule has 0 fully saturated rings. The molecule has 1 amide bonds. The maximum Gasteiger partial charge on any atom is 0.261 e. The van der Waals surface area contributed by atoms with Gasteiger partial charge in [-0.2, -0.15) is 0 Å². The van der Waals surface area contributed by atoms with Crippen molar-refractivity contribution in [2.45, 2.75) is 45.5 Å². The quantitative estimate of drug-likeness (QED) is 0.537. The highest BCUT2D eigenvalue weighted by molar-refractivity contribution is 5.75. The fourth-order valence-electron chi connectivity index (χ4n) is 1.94. The number of alkyl halides is 2. The molecule has 3 N–H and O–H groups in total. The van der Waals surface area contributed by atoms with Gasteiger partial charge in [0.1, 0.15) is 6.61 Å². The number of nitrogens with one attached hydrogen (secondary N) is 1. The maximum absolute atomic E-state index is 11.8. The molecule has 0 spiro atoms. The van der Waals surface area contributed by atoms with Gasteiger partial charge in [0, 0.05) is 13.0 Å². The average molecular weight is 280 g/mol. The largest absolute Gasteiger partial charge is 0.374 e. The van der Waals surface area contributed by atoms with Crippen molar-refractivity contribution < 1.29 is 18.3 Å². The van der Waals surface area contributed by atoms with Crippen LogP contribution in [0.3, 0.4) is 0 Å². The first kappa shape index (κ1) is 18.2. The number of rotatable bonds is 12. The molecule has 1 unspecified atom stereocenters. The summed E-state index contributed by atoms with van der Waals surface area (Å²) in [6, 6.07) is 0. The van der Waals surface area contributed by atoms with E-state index in [4.69, 9.17) is 5.73 Å². The summed E-state index contributed by atoms with van der Waals surface area (Å²) in [7, 11) is 0. The number of halogens is 2. The van der Waals surface area contributed by atoms with Crippen LogP contribution in [0, 0.1) is 5.92 Å². The zero-order valence-electron chi connectivity index (χ0n) is 11.7. The van der Waals surface area contributed by atoms with Gasteiger partial charge in [-0.1, -0.05) is 19.8 Å². The molecule has 0 aliphatic heterocycles. The minimum atomic E-state index is -2.46. The molecule has 0 aliphatic rings. The van der Waals surface area contributed by atoms with Gasteiger partial charge in [-0.3, -0.25) is 4.79 Å². The third-order valence-corrected chi connectivity index (χ3v) is 2.86. The van der Waals surface area contributed by atoms with E-state index in [0.717, 1.165) is 25.7 Å². The van der Waals surface area contributed by atoms with Crippen LogP contribution in [-0.2, 0) is 9.53 Å². The standard InChI is InChI=1S/C13H26F2N2O2/c1-2-3-11(6-7-16)4-5-13(18)17-8-9-19-10-12(14)15/h11-12H,2-10,16H2,1H3,(H,17,18). The van der Waals surface area contributed by atoms with Crippen LogP contribution >= 0.6 is 0 Å². The van der Waals surface area contributed by atoms with Crippen LogP contribution in [-0.4, -0.2) is 38.6 Å². The van der Waals surface area contributed by atoms with E-state index in [1.807, 2.05) is 0 Å². The molecule has 6 heteroatoms. The molecule has 0 saturated carbocycles. The second-order valence-corrected chi connectivity index (χ2v) is 4.59. The molecule has 4 nitrogen and oxygen atoms in total. The predicted molar refractivity (Wildman–Crippen MR) is 71.1 cm³/mol. The van der Waals surface area contributed by atoms with Crippen LogP contribution in [0.5, 0.6) is 0 Å². The zero-order chi connectivity index (χ0) is 14.5. The Labute approximate surface area is 114 Å². The molecular formula is C13H26F2N2O2. The number of carbonyl (C=O) groups is 1. The van der Waals surface area contributed by atoms with Gasteiger partial charge >= 0.3 is 0 Å². The Morgan fingerprint density at radius 2 is 2.05 bits per heavy atom. The first-order valence-electron chi connectivity index (χ1n) is 6.92. The van der Waals surface area contributed by atoms with Gasteiger partial charge in [0.15, 0.2) is 0 Å². The van der Waals surface area contributed by atoms with E-state index < -0.39 is 13.0 Å². The van der Waals surface area contributed by atoms with E-state index in [-0.39, 0.29) is 19.1 Å². The second-order valence-electron chi connectivity index (χ2n) is 4.59. The monoisotopic (exact) mass is 280 g/mol. The summed E-state index contributed by atoms with van der Waals surface area (Å²) in [6.45, 7) is 2.58. The van der Waals surface area contributed by atoms with Crippen molar-refractivity contribution in [3.05, 3.63) is 0 Å². The smallest absolute Gasteiger partial charge is 0.261 e. The fourth-order valence-corrected chi connectivity index (χ4v) is 1.94. The Hall–Kier alpha value is -0.750. The third kappa shape index (κ3) is 12.0. The van der Waals surface area contributed by atoms with E-state index in [2.05, 4.69) is 17.0 Å². The Balaban J connectivity index is 3.56. The maximum atomic E-state index is 11.8. The molecule has 1 atom stereocenters. The number of nitrogens with two attached hydrogens (primary N) is 1. The number of hydrogen-bond donors (Lipinski definition) is 2. The first-order chi connectivity index (χ1) is 9.10. The zero-order valence-corrected chi connectivity index (χ0v) is 11.7. The van der Waals surface area contributed by atoms with E-state index in [1.54, 1.807) is 0 Å². The van der Waals surface area contributed by atoms with Gasteiger partial charge in [-0.15, -0.1) is 0 Å². The summed E-state index contributed by atoms with van der Waals surface area (Å²) >= 11 is 0. The molecule has 0 aliphatic carbocycles. The number of carbonyl (C=O) groups excluding carboxylic acids is 1. The lowest BCUT2D eigenvalue weighted by Gasteiger charge is -2.14. The van der Waals surface area contributed by atoms with Crippen LogP contribution in [0.2, 0.25) is 0 Å². The van der Waals surface area contributed by atoms with Crippen LogP contribution in [0.4, 0.5) is 8.78 Å². The van der Waals surface area contributed by atoms with E-state index in [0.29, 0.717) is 18.9 Å². The minimum Gasteiger partial charge on any atom is -0.374 e. The summed E-state index contributed by atoms with van der Waals surface area (Å²) in [5, 5.41) is 2.66. The van der Waals surface area contributed by atoms with Crippen molar-refractivity contribution >= 4 is 5.91 Å². The molecule has 114 valence electrons. The average Bonchev–Trinajstić information content (AvgIpc) is 2.35. The van der Waals surface area contributed by atoms with Crippen LogP contribution in [0.1, 0.15) is 39.0 Å². The molecule has 19 heavy (non-hydrogen) atoms. The van der Waals surface area contributed by atoms with Crippen molar-refractivity contribution in [3.8, 4) is 0 Å². The summed E-state index contributed by atoms with van der Waals surface area (Å²) in [4.78, 5) is 11.5. The molecule has 0 saturated heterocycles. The number of hydrogen-bond acceptors (Lipinski definition) is 3. The molecule has 0 radical (unpaired) electrons. The summed E-state index contributed by atoms with van der Waals surface area (Å²) in [5.74, 6) is 0.439. The SMILES string of the molecule is CCCC(CCN)CCC(=O)NCCOCC(F)F. The van der Waals surface area contributed by atoms with Crippen molar-refractivity contribution in [1.82, 2.24) is 5.32 Å². The van der Waals surface area contributed by atoms with Crippen molar-refractivity contribution in [3.63, 3.8) is 0 Å². The third-order valence-electron chi connectivity index (χ3n) is 2.86. The normalized spacial score (nSPS) is 12.7. The van der Waals surface area contributed by atoms with Gasteiger partial charge in [0.25, 0.3) is 6.43 Å². The van der Waals surface area contributed by atoms with Gasteiger partial charge < -0.3 is 15.8 Å². The van der Waals surface area contributed by atoms with Gasteiger partial charge in [-0.25, -0.2) is 8.78 Å². The predicted octanol–water partition coefficient (Wildman–Crippen LogP) is 1.93. The van der Waals surface area contributed by atoms with Crippen molar-refractivity contribution in [2.75, 3.05) is 26.3 Å². The molecule has 0 aromatic carbocycles. The van der Waals surface area contributed by atoms with E-state index in [9.17, 15) is 13.6 Å². The van der Waals surface area contributed by atoms with E-state index in [1.165, 1.54) is 0 Å². The van der Waals surface area contributed by atoms with Gasteiger partial charge in [0.05, 0.1) is 6.61 Å². The lowest BCUT2D eigenvalue weighted by atomic mass is 9.94. The Bertz CT molecular complexity index is 223. The number of amides is 1. The molecular weight excluding hydrogens is 254 g/mol. The lowest BCUT2D eigenvalue weighted by Crippen LogP contribution is -2.28. The Morgan fingerprint density at radius 3 is 2.63 bits per heavy atom. The highest BCUT2D eigenvalue weighted by atomic mass is 19.3. The highest BCUT2D eigenvalue weighted by Gasteiger charge is 2.10. The first-order valence-corrected chi connectivity index (χ1v) is 6.92. The summed E-state index contributed by atoms with van der Waals surface area (Å²) in [5.41, 5.74) is 5.53. The highest BCUT2D eigenvalue weighted by Crippen LogP contribution is 2.16. The Kier molecular flexibility index (Phi) is 11.8. The van der Waals surface area contributed by atoms with Crippen molar-refractivity contribution in [2.24, 2.45) is 11.7 Å². The summed E-state index contributed by atoms with van der Waals surface area (Å²) < 4.78 is 28.2. The Morgan fingerprint density at radius 1 is 1.32 bits per heavy atom.